The molecular formula is C12H16ClFN2O. The molecule has 1 aromatic rings. The zero-order valence-corrected chi connectivity index (χ0v) is 10.5. The van der Waals surface area contributed by atoms with Crippen LogP contribution < -0.4 is 0 Å². The van der Waals surface area contributed by atoms with E-state index in [0.29, 0.717) is 13.1 Å². The van der Waals surface area contributed by atoms with E-state index in [4.69, 9.17) is 0 Å². The Morgan fingerprint density at radius 3 is 2.35 bits per heavy atom. The van der Waals surface area contributed by atoms with Crippen molar-refractivity contribution in [1.29, 1.82) is 0 Å². The first kappa shape index (κ1) is 13.9. The molecule has 0 radical (unpaired) electrons. The van der Waals surface area contributed by atoms with Crippen molar-refractivity contribution >= 4 is 18.3 Å². The Hall–Kier alpha value is -1.13. The highest BCUT2D eigenvalue weighted by molar-refractivity contribution is 5.94. The van der Waals surface area contributed by atoms with E-state index >= 15 is 0 Å². The van der Waals surface area contributed by atoms with Crippen molar-refractivity contribution in [3.63, 3.8) is 0 Å². The average Bonchev–Trinajstić information content (AvgIpc) is 2.30. The van der Waals surface area contributed by atoms with E-state index in [2.05, 4.69) is 4.90 Å². The molecule has 1 amide bonds. The number of piperazine rings is 1. The summed E-state index contributed by atoms with van der Waals surface area (Å²) in [6.45, 7) is 3.04. The summed E-state index contributed by atoms with van der Waals surface area (Å²) in [6.07, 6.45) is 0. The fraction of sp³-hybridized carbons (Fsp3) is 0.417. The average molecular weight is 259 g/mol. The van der Waals surface area contributed by atoms with Crippen molar-refractivity contribution in [3.05, 3.63) is 35.6 Å². The first-order chi connectivity index (χ1) is 7.68. The minimum Gasteiger partial charge on any atom is -0.336 e. The fourth-order valence-corrected chi connectivity index (χ4v) is 1.81. The van der Waals surface area contributed by atoms with E-state index in [1.165, 1.54) is 12.1 Å². The van der Waals surface area contributed by atoms with Gasteiger partial charge in [-0.25, -0.2) is 4.39 Å². The van der Waals surface area contributed by atoms with Gasteiger partial charge in [0.25, 0.3) is 5.91 Å². The first-order valence-corrected chi connectivity index (χ1v) is 5.41. The summed E-state index contributed by atoms with van der Waals surface area (Å²) in [5.74, 6) is -0.641. The van der Waals surface area contributed by atoms with Crippen LogP contribution >= 0.6 is 12.4 Å². The largest absolute Gasteiger partial charge is 0.336 e. The van der Waals surface area contributed by atoms with Crippen molar-refractivity contribution in [2.24, 2.45) is 0 Å². The molecule has 1 aliphatic heterocycles. The third-order valence-electron chi connectivity index (χ3n) is 2.89. The topological polar surface area (TPSA) is 23.6 Å². The van der Waals surface area contributed by atoms with Gasteiger partial charge in [-0.05, 0) is 19.2 Å². The Balaban J connectivity index is 0.00000144. The summed E-state index contributed by atoms with van der Waals surface area (Å²) in [5.41, 5.74) is 0.173. The van der Waals surface area contributed by atoms with Crippen molar-refractivity contribution in [2.75, 3.05) is 33.2 Å². The molecular weight excluding hydrogens is 243 g/mol. The van der Waals surface area contributed by atoms with Crippen molar-refractivity contribution in [3.8, 4) is 0 Å². The number of amides is 1. The SMILES string of the molecule is CN1CCN(C(=O)c2ccccc2F)CC1.Cl. The summed E-state index contributed by atoms with van der Waals surface area (Å²) in [4.78, 5) is 15.9. The molecule has 1 aromatic carbocycles. The van der Waals surface area contributed by atoms with Gasteiger partial charge < -0.3 is 9.80 Å². The van der Waals surface area contributed by atoms with E-state index < -0.39 is 5.82 Å². The molecule has 0 saturated carbocycles. The van der Waals surface area contributed by atoms with Crippen LogP contribution in [0.2, 0.25) is 0 Å². The Labute approximate surface area is 107 Å². The molecule has 0 aromatic heterocycles. The standard InChI is InChI=1S/C12H15FN2O.ClH/c1-14-6-8-15(9-7-14)12(16)10-4-2-3-5-11(10)13;/h2-5H,6-9H2,1H3;1H. The molecule has 3 nitrogen and oxygen atoms in total. The minimum absolute atomic E-state index is 0. The second kappa shape index (κ2) is 5.98. The molecule has 94 valence electrons. The van der Waals surface area contributed by atoms with Crippen molar-refractivity contribution in [2.45, 2.75) is 0 Å². The molecule has 1 aliphatic rings. The summed E-state index contributed by atoms with van der Waals surface area (Å²) in [6, 6.07) is 6.14. The minimum atomic E-state index is -0.438. The number of hydrogen-bond donors (Lipinski definition) is 0. The van der Waals surface area contributed by atoms with Crippen LogP contribution in [0.25, 0.3) is 0 Å². The normalized spacial score (nSPS) is 16.5. The van der Waals surface area contributed by atoms with Gasteiger partial charge in [0.2, 0.25) is 0 Å². The molecule has 1 fully saturated rings. The van der Waals surface area contributed by atoms with Gasteiger partial charge >= 0.3 is 0 Å². The molecule has 5 heteroatoms. The van der Waals surface area contributed by atoms with Crippen LogP contribution in [0.15, 0.2) is 24.3 Å². The van der Waals surface area contributed by atoms with Gasteiger partial charge in [0.1, 0.15) is 5.82 Å². The van der Waals surface area contributed by atoms with Gasteiger partial charge in [-0.1, -0.05) is 12.1 Å². The highest BCUT2D eigenvalue weighted by Gasteiger charge is 2.22. The molecule has 0 atom stereocenters. The predicted molar refractivity (Wildman–Crippen MR) is 67.0 cm³/mol. The Bertz CT molecular complexity index is 392. The Morgan fingerprint density at radius 1 is 1.18 bits per heavy atom. The van der Waals surface area contributed by atoms with Gasteiger partial charge in [0, 0.05) is 26.2 Å². The molecule has 0 N–H and O–H groups in total. The highest BCUT2D eigenvalue weighted by Crippen LogP contribution is 2.11. The number of likely N-dealkylation sites (N-methyl/N-ethyl adjacent to an activating group) is 1. The van der Waals surface area contributed by atoms with Crippen LogP contribution in [0, 0.1) is 5.82 Å². The zero-order valence-electron chi connectivity index (χ0n) is 9.73. The molecule has 0 bridgehead atoms. The number of carbonyl (C=O) groups is 1. The molecule has 0 aliphatic carbocycles. The fourth-order valence-electron chi connectivity index (χ4n) is 1.81. The maximum absolute atomic E-state index is 13.4. The second-order valence-electron chi connectivity index (χ2n) is 4.08. The molecule has 17 heavy (non-hydrogen) atoms. The van der Waals surface area contributed by atoms with Crippen LogP contribution in [0.1, 0.15) is 10.4 Å². The molecule has 0 unspecified atom stereocenters. The summed E-state index contributed by atoms with van der Waals surface area (Å²) < 4.78 is 13.4. The van der Waals surface area contributed by atoms with E-state index in [9.17, 15) is 9.18 Å². The predicted octanol–water partition coefficient (Wildman–Crippen LogP) is 1.64. The number of benzene rings is 1. The van der Waals surface area contributed by atoms with Crippen LogP contribution in [0.3, 0.4) is 0 Å². The maximum atomic E-state index is 13.4. The highest BCUT2D eigenvalue weighted by atomic mass is 35.5. The molecule has 2 rings (SSSR count). The molecule has 1 saturated heterocycles. The van der Waals surface area contributed by atoms with Crippen molar-refractivity contribution < 1.29 is 9.18 Å². The summed E-state index contributed by atoms with van der Waals surface area (Å²) in [5, 5.41) is 0. The monoisotopic (exact) mass is 258 g/mol. The van der Waals surface area contributed by atoms with Gasteiger partial charge in [-0.15, -0.1) is 12.4 Å². The Kier molecular flexibility index (Phi) is 4.90. The van der Waals surface area contributed by atoms with Crippen LogP contribution in [-0.2, 0) is 0 Å². The van der Waals surface area contributed by atoms with E-state index in [-0.39, 0.29) is 23.9 Å². The van der Waals surface area contributed by atoms with Gasteiger partial charge in [-0.2, -0.15) is 0 Å². The van der Waals surface area contributed by atoms with Gasteiger partial charge in [-0.3, -0.25) is 4.79 Å². The number of nitrogens with zero attached hydrogens (tertiary/aromatic N) is 2. The maximum Gasteiger partial charge on any atom is 0.256 e. The number of rotatable bonds is 1. The lowest BCUT2D eigenvalue weighted by atomic mass is 10.1. The lowest BCUT2D eigenvalue weighted by molar-refractivity contribution is 0.0659. The summed E-state index contributed by atoms with van der Waals surface area (Å²) >= 11 is 0. The lowest BCUT2D eigenvalue weighted by Gasteiger charge is -2.32. The van der Waals surface area contributed by atoms with Gasteiger partial charge in [0.15, 0.2) is 0 Å². The van der Waals surface area contributed by atoms with Crippen LogP contribution in [0.4, 0.5) is 4.39 Å². The second-order valence-corrected chi connectivity index (χ2v) is 4.08. The quantitative estimate of drug-likeness (QED) is 0.765. The van der Waals surface area contributed by atoms with Gasteiger partial charge in [0.05, 0.1) is 5.56 Å². The van der Waals surface area contributed by atoms with E-state index in [0.717, 1.165) is 13.1 Å². The first-order valence-electron chi connectivity index (χ1n) is 5.41. The summed E-state index contributed by atoms with van der Waals surface area (Å²) in [7, 11) is 2.02. The Morgan fingerprint density at radius 2 is 1.76 bits per heavy atom. The lowest BCUT2D eigenvalue weighted by Crippen LogP contribution is -2.47. The number of hydrogen-bond acceptors (Lipinski definition) is 2. The molecule has 0 spiro atoms. The van der Waals surface area contributed by atoms with Crippen LogP contribution in [0.5, 0.6) is 0 Å². The molecule has 1 heterocycles. The number of halogens is 2. The van der Waals surface area contributed by atoms with Crippen LogP contribution in [-0.4, -0.2) is 48.9 Å². The third-order valence-corrected chi connectivity index (χ3v) is 2.89. The zero-order chi connectivity index (χ0) is 11.5. The van der Waals surface area contributed by atoms with E-state index in [1.54, 1.807) is 17.0 Å². The van der Waals surface area contributed by atoms with Crippen molar-refractivity contribution in [1.82, 2.24) is 9.80 Å². The number of carbonyl (C=O) groups excluding carboxylic acids is 1. The van der Waals surface area contributed by atoms with E-state index in [1.807, 2.05) is 7.05 Å². The smallest absolute Gasteiger partial charge is 0.256 e. The third kappa shape index (κ3) is 3.17.